The molecule has 3 aliphatic rings. The molecule has 0 aliphatic carbocycles. The van der Waals surface area contributed by atoms with E-state index in [2.05, 4.69) is 4.98 Å². The van der Waals surface area contributed by atoms with E-state index in [9.17, 15) is 20.0 Å². The van der Waals surface area contributed by atoms with Crippen molar-refractivity contribution in [2.45, 2.75) is 51.2 Å². The highest BCUT2D eigenvalue weighted by molar-refractivity contribution is 6.08. The third-order valence-electron chi connectivity index (χ3n) is 7.26. The molecule has 0 bridgehead atoms. The molecule has 6 rings (SSSR count). The number of halogens is 1. The summed E-state index contributed by atoms with van der Waals surface area (Å²) in [6, 6.07) is 9.39. The SMILES string of the molecule is CC(C)(C)OC(=O)N1Cc2nc(-c3c(F)cccc3C#N)cc(-n3ccc(N4CCC5(C4)OCC(O)CO5)n3)c2C1=O. The molecule has 1 spiro atoms. The number of hydrogen-bond acceptors (Lipinski definition) is 10. The van der Waals surface area contributed by atoms with Crippen LogP contribution >= 0.6 is 0 Å². The van der Waals surface area contributed by atoms with E-state index < -0.39 is 35.3 Å². The lowest BCUT2D eigenvalue weighted by atomic mass is 10.0. The number of aromatic nitrogens is 3. The molecule has 218 valence electrons. The van der Waals surface area contributed by atoms with Crippen LogP contribution in [0.15, 0.2) is 36.5 Å². The van der Waals surface area contributed by atoms with Gasteiger partial charge in [-0.05, 0) is 39.0 Å². The van der Waals surface area contributed by atoms with Crippen LogP contribution in [0.5, 0.6) is 0 Å². The number of fused-ring (bicyclic) bond motifs is 1. The minimum Gasteiger partial charge on any atom is -0.443 e. The third-order valence-corrected chi connectivity index (χ3v) is 7.26. The molecule has 5 heterocycles. The summed E-state index contributed by atoms with van der Waals surface area (Å²) in [5.41, 5.74) is -0.0394. The lowest BCUT2D eigenvalue weighted by molar-refractivity contribution is -0.280. The molecule has 1 aromatic carbocycles. The number of benzene rings is 1. The molecule has 13 heteroatoms. The van der Waals surface area contributed by atoms with Crippen LogP contribution in [0.1, 0.15) is 48.8 Å². The van der Waals surface area contributed by atoms with E-state index in [1.54, 1.807) is 33.0 Å². The van der Waals surface area contributed by atoms with Crippen molar-refractivity contribution in [1.29, 1.82) is 5.26 Å². The second-order valence-corrected chi connectivity index (χ2v) is 11.5. The molecule has 0 atom stereocenters. The molecule has 2 fully saturated rings. The van der Waals surface area contributed by atoms with Crippen molar-refractivity contribution in [3.63, 3.8) is 0 Å². The summed E-state index contributed by atoms with van der Waals surface area (Å²) in [5, 5.41) is 24.1. The van der Waals surface area contributed by atoms with Gasteiger partial charge in [0.25, 0.3) is 5.91 Å². The number of carbonyl (C=O) groups excluding carboxylic acids is 2. The van der Waals surface area contributed by atoms with Crippen molar-refractivity contribution in [3.05, 3.63) is 59.2 Å². The highest BCUT2D eigenvalue weighted by Gasteiger charge is 2.44. The number of carbonyl (C=O) groups is 2. The van der Waals surface area contributed by atoms with E-state index in [0.717, 1.165) is 4.90 Å². The number of amides is 2. The zero-order valence-corrected chi connectivity index (χ0v) is 23.3. The maximum atomic E-state index is 15.1. The number of hydrogen-bond donors (Lipinski definition) is 1. The normalized spacial score (nSPS) is 22.0. The molecule has 3 aromatic rings. The standard InChI is InChI=1S/C29H29FN6O6/c1-28(2,3)42-27(39)35-13-21-25(26(35)38)22(11-20(32-21)24-17(12-31)5-4-6-19(24)30)36-9-7-23(33-36)34-10-8-29(16-34)40-14-18(37)15-41-29/h4-7,9,11,18,37H,8,10,13-16H2,1-3H3. The molecular formula is C29H29FN6O6. The first kappa shape index (κ1) is 27.8. The summed E-state index contributed by atoms with van der Waals surface area (Å²) in [4.78, 5) is 34.0. The summed E-state index contributed by atoms with van der Waals surface area (Å²) >= 11 is 0. The Kier molecular flexibility index (Phi) is 6.72. The molecule has 42 heavy (non-hydrogen) atoms. The van der Waals surface area contributed by atoms with Crippen molar-refractivity contribution in [2.75, 3.05) is 31.2 Å². The number of rotatable bonds is 3. The predicted octanol–water partition coefficient (Wildman–Crippen LogP) is 3.15. The minimum atomic E-state index is -0.837. The van der Waals surface area contributed by atoms with Gasteiger partial charge in [0.1, 0.15) is 17.5 Å². The Bertz CT molecular complexity index is 1620. The molecule has 1 N–H and O–H groups in total. The molecule has 2 saturated heterocycles. The quantitative estimate of drug-likeness (QED) is 0.494. The van der Waals surface area contributed by atoms with Gasteiger partial charge in [-0.25, -0.2) is 23.8 Å². The van der Waals surface area contributed by atoms with Gasteiger partial charge in [0.15, 0.2) is 11.6 Å². The number of nitriles is 1. The van der Waals surface area contributed by atoms with Crippen LogP contribution in [0.3, 0.4) is 0 Å². The Morgan fingerprint density at radius 1 is 1.24 bits per heavy atom. The van der Waals surface area contributed by atoms with Crippen molar-refractivity contribution < 1.29 is 33.3 Å². The minimum absolute atomic E-state index is 0.0186. The molecule has 2 aromatic heterocycles. The Hall–Kier alpha value is -4.38. The number of aliphatic hydroxyl groups is 1. The van der Waals surface area contributed by atoms with E-state index in [1.165, 1.54) is 28.9 Å². The van der Waals surface area contributed by atoms with Gasteiger partial charge in [-0.15, -0.1) is 0 Å². The fourth-order valence-corrected chi connectivity index (χ4v) is 5.33. The molecular weight excluding hydrogens is 547 g/mol. The van der Waals surface area contributed by atoms with E-state index in [4.69, 9.17) is 19.3 Å². The first-order chi connectivity index (χ1) is 20.0. The number of aliphatic hydroxyl groups excluding tert-OH is 1. The van der Waals surface area contributed by atoms with E-state index in [0.29, 0.717) is 25.3 Å². The fourth-order valence-electron chi connectivity index (χ4n) is 5.33. The average Bonchev–Trinajstić information content (AvgIpc) is 3.67. The Morgan fingerprint density at radius 3 is 2.71 bits per heavy atom. The summed E-state index contributed by atoms with van der Waals surface area (Å²) in [6.07, 6.45) is 0.736. The van der Waals surface area contributed by atoms with Crippen molar-refractivity contribution in [3.8, 4) is 23.0 Å². The number of nitrogens with zero attached hydrogens (tertiary/aromatic N) is 6. The van der Waals surface area contributed by atoms with E-state index in [1.807, 2.05) is 11.0 Å². The maximum Gasteiger partial charge on any atom is 0.417 e. The lowest BCUT2D eigenvalue weighted by Gasteiger charge is -2.35. The highest BCUT2D eigenvalue weighted by Crippen LogP contribution is 2.36. The molecule has 12 nitrogen and oxygen atoms in total. The molecule has 2 amide bonds. The van der Waals surface area contributed by atoms with Crippen molar-refractivity contribution in [1.82, 2.24) is 19.7 Å². The summed E-state index contributed by atoms with van der Waals surface area (Å²) < 4.78 is 33.6. The van der Waals surface area contributed by atoms with Crippen molar-refractivity contribution >= 4 is 17.8 Å². The first-order valence-corrected chi connectivity index (χ1v) is 13.5. The second-order valence-electron chi connectivity index (χ2n) is 11.5. The number of imide groups is 1. The van der Waals surface area contributed by atoms with Gasteiger partial charge >= 0.3 is 6.09 Å². The highest BCUT2D eigenvalue weighted by atomic mass is 19.1. The Labute approximate surface area is 240 Å². The monoisotopic (exact) mass is 576 g/mol. The second kappa shape index (κ2) is 10.2. The Morgan fingerprint density at radius 2 is 2.00 bits per heavy atom. The fraction of sp³-hybridized carbons (Fsp3) is 0.414. The van der Waals surface area contributed by atoms with Gasteiger partial charge in [0.05, 0.1) is 66.1 Å². The van der Waals surface area contributed by atoms with Gasteiger partial charge in [0, 0.05) is 25.2 Å². The zero-order valence-electron chi connectivity index (χ0n) is 23.3. The number of ether oxygens (including phenoxy) is 3. The van der Waals surface area contributed by atoms with Crippen molar-refractivity contribution in [2.24, 2.45) is 0 Å². The molecule has 0 unspecified atom stereocenters. The van der Waals surface area contributed by atoms with Gasteiger partial charge in [0.2, 0.25) is 0 Å². The largest absolute Gasteiger partial charge is 0.443 e. The smallest absolute Gasteiger partial charge is 0.417 e. The van der Waals surface area contributed by atoms with Gasteiger partial charge in [-0.2, -0.15) is 10.4 Å². The Balaban J connectivity index is 1.40. The van der Waals surface area contributed by atoms with Crippen LogP contribution in [-0.4, -0.2) is 80.6 Å². The maximum absolute atomic E-state index is 15.1. The topological polar surface area (TPSA) is 143 Å². The predicted molar refractivity (Wildman–Crippen MR) is 145 cm³/mol. The molecule has 0 saturated carbocycles. The van der Waals surface area contributed by atoms with Crippen LogP contribution in [0.25, 0.3) is 16.9 Å². The lowest BCUT2D eigenvalue weighted by Crippen LogP contribution is -2.48. The number of pyridine rings is 1. The van der Waals surface area contributed by atoms with Crippen LogP contribution in [0, 0.1) is 17.1 Å². The van der Waals surface area contributed by atoms with Gasteiger partial charge in [-0.3, -0.25) is 4.79 Å². The summed E-state index contributed by atoms with van der Waals surface area (Å²) in [7, 11) is 0. The molecule has 0 radical (unpaired) electrons. The van der Waals surface area contributed by atoms with Crippen LogP contribution in [-0.2, 0) is 20.8 Å². The van der Waals surface area contributed by atoms with Gasteiger partial charge in [-0.1, -0.05) is 6.07 Å². The van der Waals surface area contributed by atoms with Crippen LogP contribution in [0.2, 0.25) is 0 Å². The summed E-state index contributed by atoms with van der Waals surface area (Å²) in [5.74, 6) is -1.53. The van der Waals surface area contributed by atoms with Gasteiger partial charge < -0.3 is 24.2 Å². The molecule has 3 aliphatic heterocycles. The first-order valence-electron chi connectivity index (χ1n) is 13.5. The zero-order chi connectivity index (χ0) is 29.8. The third kappa shape index (κ3) is 4.98. The van der Waals surface area contributed by atoms with E-state index in [-0.39, 0.29) is 53.5 Å². The van der Waals surface area contributed by atoms with Crippen LogP contribution < -0.4 is 4.90 Å². The number of anilines is 1. The van der Waals surface area contributed by atoms with Crippen LogP contribution in [0.4, 0.5) is 15.0 Å². The summed E-state index contributed by atoms with van der Waals surface area (Å²) in [6.45, 7) is 6.24. The average molecular weight is 577 g/mol. The van der Waals surface area contributed by atoms with E-state index >= 15 is 4.39 Å².